The van der Waals surface area contributed by atoms with Gasteiger partial charge in [0, 0.05) is 6.54 Å². The van der Waals surface area contributed by atoms with Gasteiger partial charge < -0.3 is 19.1 Å². The van der Waals surface area contributed by atoms with Crippen LogP contribution in [-0.4, -0.2) is 28.4 Å². The number of benzene rings is 2. The Morgan fingerprint density at radius 1 is 1.19 bits per heavy atom. The maximum atomic E-state index is 10.0. The van der Waals surface area contributed by atoms with E-state index >= 15 is 0 Å². The van der Waals surface area contributed by atoms with Gasteiger partial charge in [-0.3, -0.25) is 0 Å². The highest BCUT2D eigenvalue weighted by molar-refractivity contribution is 5.76. The van der Waals surface area contributed by atoms with E-state index in [9.17, 15) is 5.11 Å². The third-order valence-corrected chi connectivity index (χ3v) is 4.39. The van der Waals surface area contributed by atoms with E-state index in [-0.39, 0.29) is 0 Å². The molecule has 0 saturated heterocycles. The number of allylic oxidation sites excluding steroid dienone is 1. The maximum absolute atomic E-state index is 10.0. The van der Waals surface area contributed by atoms with Crippen LogP contribution in [0.3, 0.4) is 0 Å². The van der Waals surface area contributed by atoms with E-state index < -0.39 is 6.10 Å². The summed E-state index contributed by atoms with van der Waals surface area (Å²) in [5.41, 5.74) is 3.01. The molecule has 1 unspecified atom stereocenters. The number of hydrogen-bond acceptors (Lipinski definition) is 4. The lowest BCUT2D eigenvalue weighted by Gasteiger charge is -2.13. The van der Waals surface area contributed by atoms with E-state index in [1.54, 1.807) is 14.0 Å². The third kappa shape index (κ3) is 4.31. The van der Waals surface area contributed by atoms with E-state index in [0.717, 1.165) is 41.1 Å². The van der Waals surface area contributed by atoms with Crippen LogP contribution in [-0.2, 0) is 6.54 Å². The highest BCUT2D eigenvalue weighted by atomic mass is 16.5. The molecule has 3 rings (SSSR count). The van der Waals surface area contributed by atoms with Gasteiger partial charge in [-0.2, -0.15) is 0 Å². The minimum atomic E-state index is -0.613. The molecule has 0 fully saturated rings. The molecule has 1 heterocycles. The molecule has 0 amide bonds. The first kappa shape index (κ1) is 19.0. The lowest BCUT2D eigenvalue weighted by Crippen LogP contribution is -2.10. The second kappa shape index (κ2) is 8.73. The standard InChI is InChI=1S/C22H26N2O3/c1-4-8-17-11-12-20(21(15-17)26-3)27-14-7-13-24-19-10-6-5-9-18(19)23-22(24)16(2)25/h4-6,8-12,15-16,25H,7,13-14H2,1-3H3/b8-4+. The van der Waals surface area contributed by atoms with Gasteiger partial charge in [-0.1, -0.05) is 30.4 Å². The fourth-order valence-electron chi connectivity index (χ4n) is 3.15. The molecule has 3 aromatic rings. The lowest BCUT2D eigenvalue weighted by molar-refractivity contribution is 0.183. The minimum absolute atomic E-state index is 0.547. The summed E-state index contributed by atoms with van der Waals surface area (Å²) in [5, 5.41) is 10.0. The monoisotopic (exact) mass is 366 g/mol. The zero-order valence-corrected chi connectivity index (χ0v) is 16.1. The van der Waals surface area contributed by atoms with Crippen molar-refractivity contribution in [1.82, 2.24) is 9.55 Å². The summed E-state index contributed by atoms with van der Waals surface area (Å²) in [6.45, 7) is 4.99. The molecule has 2 aromatic carbocycles. The summed E-state index contributed by atoms with van der Waals surface area (Å²) in [4.78, 5) is 4.55. The number of aliphatic hydroxyl groups is 1. The predicted octanol–water partition coefficient (Wildman–Crippen LogP) is 4.60. The van der Waals surface area contributed by atoms with Crippen molar-refractivity contribution < 1.29 is 14.6 Å². The van der Waals surface area contributed by atoms with E-state index in [4.69, 9.17) is 9.47 Å². The van der Waals surface area contributed by atoms with Crippen molar-refractivity contribution in [3.63, 3.8) is 0 Å². The van der Waals surface area contributed by atoms with Gasteiger partial charge in [0.1, 0.15) is 11.9 Å². The smallest absolute Gasteiger partial charge is 0.161 e. The molecule has 5 heteroatoms. The zero-order valence-electron chi connectivity index (χ0n) is 16.1. The van der Waals surface area contributed by atoms with Gasteiger partial charge >= 0.3 is 0 Å². The number of aliphatic hydroxyl groups excluding tert-OH is 1. The summed E-state index contributed by atoms with van der Waals surface area (Å²) in [6.07, 6.45) is 4.19. The van der Waals surface area contributed by atoms with Gasteiger partial charge in [0.25, 0.3) is 0 Å². The van der Waals surface area contributed by atoms with Crippen molar-refractivity contribution in [2.75, 3.05) is 13.7 Å². The van der Waals surface area contributed by atoms with Gasteiger partial charge in [-0.25, -0.2) is 4.98 Å². The molecule has 1 atom stereocenters. The Morgan fingerprint density at radius 2 is 2.00 bits per heavy atom. The first-order chi connectivity index (χ1) is 13.1. The molecule has 0 saturated carbocycles. The summed E-state index contributed by atoms with van der Waals surface area (Å²) in [5.74, 6) is 2.14. The maximum Gasteiger partial charge on any atom is 0.161 e. The minimum Gasteiger partial charge on any atom is -0.493 e. The quantitative estimate of drug-likeness (QED) is 0.592. The van der Waals surface area contributed by atoms with Crippen LogP contribution in [0.1, 0.15) is 37.8 Å². The molecule has 0 bridgehead atoms. The Labute approximate surface area is 159 Å². The van der Waals surface area contributed by atoms with E-state index in [1.165, 1.54) is 0 Å². The van der Waals surface area contributed by atoms with Gasteiger partial charge in [-0.15, -0.1) is 0 Å². The molecular formula is C22H26N2O3. The van der Waals surface area contributed by atoms with Crippen molar-refractivity contribution in [1.29, 1.82) is 0 Å². The molecule has 0 aliphatic carbocycles. The van der Waals surface area contributed by atoms with Crippen LogP contribution in [0.25, 0.3) is 17.1 Å². The molecule has 0 radical (unpaired) electrons. The number of rotatable bonds is 8. The number of fused-ring (bicyclic) bond motifs is 1. The van der Waals surface area contributed by atoms with Crippen LogP contribution < -0.4 is 9.47 Å². The summed E-state index contributed by atoms with van der Waals surface area (Å²) < 4.78 is 13.4. The highest BCUT2D eigenvalue weighted by Gasteiger charge is 2.14. The Balaban J connectivity index is 1.67. The average Bonchev–Trinajstić information content (AvgIpc) is 3.05. The van der Waals surface area contributed by atoms with Crippen LogP contribution in [0.15, 0.2) is 48.5 Å². The van der Waals surface area contributed by atoms with Crippen LogP contribution in [0.4, 0.5) is 0 Å². The molecule has 27 heavy (non-hydrogen) atoms. The number of aryl methyl sites for hydroxylation is 1. The Bertz CT molecular complexity index is 928. The number of ether oxygens (including phenoxy) is 2. The second-order valence-corrected chi connectivity index (χ2v) is 6.40. The Morgan fingerprint density at radius 3 is 2.74 bits per heavy atom. The second-order valence-electron chi connectivity index (χ2n) is 6.40. The third-order valence-electron chi connectivity index (χ3n) is 4.39. The molecular weight excluding hydrogens is 340 g/mol. The fraction of sp³-hybridized carbons (Fsp3) is 0.318. The lowest BCUT2D eigenvalue weighted by atomic mass is 10.2. The molecule has 0 aliphatic heterocycles. The predicted molar refractivity (Wildman–Crippen MR) is 108 cm³/mol. The van der Waals surface area contributed by atoms with E-state index in [0.29, 0.717) is 12.4 Å². The number of nitrogens with zero attached hydrogens (tertiary/aromatic N) is 2. The molecule has 0 spiro atoms. The first-order valence-electron chi connectivity index (χ1n) is 9.20. The summed E-state index contributed by atoms with van der Waals surface area (Å²) in [6, 6.07) is 13.8. The van der Waals surface area contributed by atoms with E-state index in [2.05, 4.69) is 9.55 Å². The van der Waals surface area contributed by atoms with E-state index in [1.807, 2.05) is 61.5 Å². The van der Waals surface area contributed by atoms with Gasteiger partial charge in [0.15, 0.2) is 11.5 Å². The van der Waals surface area contributed by atoms with Crippen molar-refractivity contribution >= 4 is 17.1 Å². The van der Waals surface area contributed by atoms with Gasteiger partial charge in [0.2, 0.25) is 0 Å². The Hall–Kier alpha value is -2.79. The molecule has 1 N–H and O–H groups in total. The summed E-state index contributed by atoms with van der Waals surface area (Å²) >= 11 is 0. The number of para-hydroxylation sites is 2. The topological polar surface area (TPSA) is 56.5 Å². The van der Waals surface area contributed by atoms with Crippen molar-refractivity contribution in [2.45, 2.75) is 32.9 Å². The zero-order chi connectivity index (χ0) is 19.2. The van der Waals surface area contributed by atoms with Crippen molar-refractivity contribution in [3.8, 4) is 11.5 Å². The van der Waals surface area contributed by atoms with Crippen LogP contribution in [0.5, 0.6) is 11.5 Å². The van der Waals surface area contributed by atoms with Crippen LogP contribution in [0, 0.1) is 0 Å². The number of aromatic nitrogens is 2. The van der Waals surface area contributed by atoms with Gasteiger partial charge in [0.05, 0.1) is 24.8 Å². The van der Waals surface area contributed by atoms with Crippen molar-refractivity contribution in [3.05, 3.63) is 59.9 Å². The molecule has 1 aromatic heterocycles. The Kier molecular flexibility index (Phi) is 6.14. The molecule has 5 nitrogen and oxygen atoms in total. The fourth-order valence-corrected chi connectivity index (χ4v) is 3.15. The number of methoxy groups -OCH3 is 1. The largest absolute Gasteiger partial charge is 0.493 e. The molecule has 0 aliphatic rings. The van der Waals surface area contributed by atoms with Crippen LogP contribution >= 0.6 is 0 Å². The first-order valence-corrected chi connectivity index (χ1v) is 9.20. The highest BCUT2D eigenvalue weighted by Crippen LogP contribution is 2.29. The number of imidazole rings is 1. The normalized spacial score (nSPS) is 12.6. The molecule has 142 valence electrons. The van der Waals surface area contributed by atoms with Crippen molar-refractivity contribution in [2.24, 2.45) is 0 Å². The number of hydrogen-bond donors (Lipinski definition) is 1. The SMILES string of the molecule is C/C=C/c1ccc(OCCCn2c(C(C)O)nc3ccccc32)c(OC)c1. The average molecular weight is 366 g/mol. The van der Waals surface area contributed by atoms with Crippen LogP contribution in [0.2, 0.25) is 0 Å². The van der Waals surface area contributed by atoms with Gasteiger partial charge in [-0.05, 0) is 50.1 Å². The summed E-state index contributed by atoms with van der Waals surface area (Å²) in [7, 11) is 1.65.